The molecule has 0 spiro atoms. The first-order chi connectivity index (χ1) is 10.0. The smallest absolute Gasteiger partial charge is 0.323 e. The summed E-state index contributed by atoms with van der Waals surface area (Å²) in [6, 6.07) is 8.01. The lowest BCUT2D eigenvalue weighted by Gasteiger charge is -2.24. The summed E-state index contributed by atoms with van der Waals surface area (Å²) in [5.74, 6) is 0.203. The first-order valence-corrected chi connectivity index (χ1v) is 7.38. The summed E-state index contributed by atoms with van der Waals surface area (Å²) in [7, 11) is 1.69. The molecule has 0 fully saturated rings. The molecule has 21 heavy (non-hydrogen) atoms. The molecule has 2 N–H and O–H groups in total. The van der Waals surface area contributed by atoms with Crippen LogP contribution in [0.2, 0.25) is 0 Å². The van der Waals surface area contributed by atoms with E-state index in [0.717, 1.165) is 29.7 Å². The summed E-state index contributed by atoms with van der Waals surface area (Å²) in [4.78, 5) is 16.1. The Morgan fingerprint density at radius 2 is 2.14 bits per heavy atom. The molecule has 1 aromatic heterocycles. The predicted molar refractivity (Wildman–Crippen MR) is 83.4 cm³/mol. The normalized spacial score (nSPS) is 14.2. The molecule has 5 nitrogen and oxygen atoms in total. The second-order valence-electron chi connectivity index (χ2n) is 5.56. The van der Waals surface area contributed by atoms with Gasteiger partial charge in [0.15, 0.2) is 0 Å². The van der Waals surface area contributed by atoms with Gasteiger partial charge in [-0.2, -0.15) is 0 Å². The Balaban J connectivity index is 2.32. The molecule has 0 radical (unpaired) electrons. The summed E-state index contributed by atoms with van der Waals surface area (Å²) in [5.41, 5.74) is 1.13. The van der Waals surface area contributed by atoms with Crippen molar-refractivity contribution < 1.29 is 9.90 Å². The van der Waals surface area contributed by atoms with Gasteiger partial charge in [0.1, 0.15) is 11.4 Å². The third-order valence-electron chi connectivity index (χ3n) is 4.07. The average Bonchev–Trinajstić information content (AvgIpc) is 2.82. The van der Waals surface area contributed by atoms with E-state index in [-0.39, 0.29) is 0 Å². The van der Waals surface area contributed by atoms with E-state index in [1.165, 1.54) is 0 Å². The fourth-order valence-electron chi connectivity index (χ4n) is 2.46. The molecule has 0 aliphatic rings. The topological polar surface area (TPSA) is 67.2 Å². The van der Waals surface area contributed by atoms with Crippen molar-refractivity contribution in [1.29, 1.82) is 0 Å². The standard InChI is InChI=1S/C16H23N3O2/c1-4-7-14-18-12-8-5-6-9-13(12)19(14)11-10-16(2,17-3)15(20)21/h5-6,8-9,17H,4,7,10-11H2,1-3H3,(H,20,21). The van der Waals surface area contributed by atoms with Crippen molar-refractivity contribution in [3.8, 4) is 0 Å². The summed E-state index contributed by atoms with van der Waals surface area (Å²) in [5, 5.41) is 12.3. The average molecular weight is 289 g/mol. The van der Waals surface area contributed by atoms with Gasteiger partial charge in [0.25, 0.3) is 0 Å². The van der Waals surface area contributed by atoms with Crippen molar-refractivity contribution in [3.63, 3.8) is 0 Å². The third kappa shape index (κ3) is 3.08. The first-order valence-electron chi connectivity index (χ1n) is 7.38. The fourth-order valence-corrected chi connectivity index (χ4v) is 2.46. The molecule has 1 unspecified atom stereocenters. The number of imidazole rings is 1. The lowest BCUT2D eigenvalue weighted by atomic mass is 9.98. The Morgan fingerprint density at radius 1 is 1.43 bits per heavy atom. The van der Waals surface area contributed by atoms with E-state index < -0.39 is 11.5 Å². The number of likely N-dealkylation sites (N-methyl/N-ethyl adjacent to an activating group) is 1. The Bertz CT molecular complexity index is 635. The number of carboxylic acid groups (broad SMARTS) is 1. The van der Waals surface area contributed by atoms with Crippen LogP contribution in [-0.4, -0.2) is 33.2 Å². The van der Waals surface area contributed by atoms with Crippen LogP contribution in [0.1, 0.15) is 32.5 Å². The van der Waals surface area contributed by atoms with Gasteiger partial charge in [-0.15, -0.1) is 0 Å². The van der Waals surface area contributed by atoms with Gasteiger partial charge in [-0.05, 0) is 38.9 Å². The highest BCUT2D eigenvalue weighted by molar-refractivity contribution is 5.78. The maximum Gasteiger partial charge on any atom is 0.323 e. The Morgan fingerprint density at radius 3 is 2.76 bits per heavy atom. The van der Waals surface area contributed by atoms with Crippen LogP contribution in [0.4, 0.5) is 0 Å². The van der Waals surface area contributed by atoms with Crippen molar-refractivity contribution >= 4 is 17.0 Å². The number of fused-ring (bicyclic) bond motifs is 1. The molecule has 0 aliphatic carbocycles. The zero-order chi connectivity index (χ0) is 15.5. The Labute approximate surface area is 125 Å². The SMILES string of the molecule is CCCc1nc2ccccc2n1CCC(C)(NC)C(=O)O. The summed E-state index contributed by atoms with van der Waals surface area (Å²) >= 11 is 0. The van der Waals surface area contributed by atoms with Gasteiger partial charge in [-0.25, -0.2) is 4.98 Å². The molecule has 0 bridgehead atoms. The largest absolute Gasteiger partial charge is 0.480 e. The lowest BCUT2D eigenvalue weighted by Crippen LogP contribution is -2.48. The Hall–Kier alpha value is -1.88. The molecule has 0 amide bonds. The first kappa shape index (κ1) is 15.5. The van der Waals surface area contributed by atoms with E-state index >= 15 is 0 Å². The fraction of sp³-hybridized carbons (Fsp3) is 0.500. The predicted octanol–water partition coefficient (Wildman–Crippen LogP) is 2.44. The van der Waals surface area contributed by atoms with Crippen LogP contribution < -0.4 is 5.32 Å². The molecular weight excluding hydrogens is 266 g/mol. The van der Waals surface area contributed by atoms with Gasteiger partial charge in [-0.3, -0.25) is 4.79 Å². The van der Waals surface area contributed by atoms with Crippen molar-refractivity contribution in [1.82, 2.24) is 14.9 Å². The number of nitrogens with one attached hydrogen (secondary N) is 1. The van der Waals surface area contributed by atoms with E-state index in [1.54, 1.807) is 14.0 Å². The van der Waals surface area contributed by atoms with Gasteiger partial charge in [0.05, 0.1) is 11.0 Å². The minimum atomic E-state index is -0.922. The molecule has 1 aromatic carbocycles. The van der Waals surface area contributed by atoms with Gasteiger partial charge in [0.2, 0.25) is 0 Å². The number of aromatic nitrogens is 2. The molecule has 1 heterocycles. The number of para-hydroxylation sites is 2. The van der Waals surface area contributed by atoms with Crippen molar-refractivity contribution in [2.24, 2.45) is 0 Å². The number of hydrogen-bond acceptors (Lipinski definition) is 3. The molecule has 1 atom stereocenters. The molecule has 2 rings (SSSR count). The minimum absolute atomic E-state index is 0.510. The second-order valence-corrected chi connectivity index (χ2v) is 5.56. The molecular formula is C16H23N3O2. The third-order valence-corrected chi connectivity index (χ3v) is 4.07. The van der Waals surface area contributed by atoms with Gasteiger partial charge in [-0.1, -0.05) is 19.1 Å². The number of benzene rings is 1. The van der Waals surface area contributed by atoms with Crippen LogP contribution in [0.5, 0.6) is 0 Å². The number of rotatable bonds is 7. The van der Waals surface area contributed by atoms with E-state index in [1.807, 2.05) is 24.3 Å². The van der Waals surface area contributed by atoms with Crippen LogP contribution in [-0.2, 0) is 17.8 Å². The summed E-state index contributed by atoms with van der Waals surface area (Å²) in [6.45, 7) is 4.48. The van der Waals surface area contributed by atoms with Gasteiger partial charge < -0.3 is 15.0 Å². The van der Waals surface area contributed by atoms with Crippen LogP contribution in [0.15, 0.2) is 24.3 Å². The van der Waals surface area contributed by atoms with Crippen LogP contribution in [0, 0.1) is 0 Å². The maximum absolute atomic E-state index is 11.4. The second kappa shape index (κ2) is 6.26. The van der Waals surface area contributed by atoms with Crippen LogP contribution in [0.25, 0.3) is 11.0 Å². The monoisotopic (exact) mass is 289 g/mol. The highest BCUT2D eigenvalue weighted by Crippen LogP contribution is 2.20. The number of nitrogens with zero attached hydrogens (tertiary/aromatic N) is 2. The Kier molecular flexibility index (Phi) is 4.63. The van der Waals surface area contributed by atoms with Crippen molar-refractivity contribution in [2.45, 2.75) is 45.2 Å². The highest BCUT2D eigenvalue weighted by atomic mass is 16.4. The number of carbonyl (C=O) groups is 1. The zero-order valence-electron chi connectivity index (χ0n) is 12.9. The minimum Gasteiger partial charge on any atom is -0.480 e. The molecule has 2 aromatic rings. The molecule has 5 heteroatoms. The van der Waals surface area contributed by atoms with Crippen molar-refractivity contribution in [3.05, 3.63) is 30.1 Å². The van der Waals surface area contributed by atoms with Gasteiger partial charge in [0, 0.05) is 13.0 Å². The van der Waals surface area contributed by atoms with Gasteiger partial charge >= 0.3 is 5.97 Å². The summed E-state index contributed by atoms with van der Waals surface area (Å²) < 4.78 is 2.15. The van der Waals surface area contributed by atoms with E-state index in [4.69, 9.17) is 0 Å². The van der Waals surface area contributed by atoms with Crippen LogP contribution in [0.3, 0.4) is 0 Å². The number of hydrogen-bond donors (Lipinski definition) is 2. The summed E-state index contributed by atoms with van der Waals surface area (Å²) in [6.07, 6.45) is 2.43. The number of carboxylic acids is 1. The van der Waals surface area contributed by atoms with Crippen molar-refractivity contribution in [2.75, 3.05) is 7.05 Å². The quantitative estimate of drug-likeness (QED) is 0.821. The molecule has 0 saturated carbocycles. The van der Waals surface area contributed by atoms with E-state index in [2.05, 4.69) is 21.8 Å². The maximum atomic E-state index is 11.4. The van der Waals surface area contributed by atoms with E-state index in [9.17, 15) is 9.90 Å². The lowest BCUT2D eigenvalue weighted by molar-refractivity contribution is -0.144. The van der Waals surface area contributed by atoms with E-state index in [0.29, 0.717) is 13.0 Å². The number of aryl methyl sites for hydroxylation is 2. The number of aliphatic carboxylic acids is 1. The van der Waals surface area contributed by atoms with Crippen LogP contribution >= 0.6 is 0 Å². The molecule has 0 aliphatic heterocycles. The molecule has 114 valence electrons. The molecule has 0 saturated heterocycles. The highest BCUT2D eigenvalue weighted by Gasteiger charge is 2.31. The zero-order valence-corrected chi connectivity index (χ0v) is 12.9.